The summed E-state index contributed by atoms with van der Waals surface area (Å²) in [6, 6.07) is 9.05. The highest BCUT2D eigenvalue weighted by Gasteiger charge is 2.31. The van der Waals surface area contributed by atoms with Crippen molar-refractivity contribution in [1.29, 1.82) is 0 Å². The van der Waals surface area contributed by atoms with Gasteiger partial charge in [-0.1, -0.05) is 30.3 Å². The molecule has 1 saturated heterocycles. The molecule has 0 bridgehead atoms. The molecule has 0 aromatic heterocycles. The van der Waals surface area contributed by atoms with Crippen LogP contribution in [0.4, 0.5) is 9.18 Å². The Labute approximate surface area is 112 Å². The molecule has 19 heavy (non-hydrogen) atoms. The maximum atomic E-state index is 13.7. The first-order valence-corrected chi connectivity index (χ1v) is 6.47. The molecule has 5 heteroatoms. The molecule has 1 aromatic carbocycles. The Bertz CT molecular complexity index is 413. The van der Waals surface area contributed by atoms with Crippen LogP contribution in [0.15, 0.2) is 30.3 Å². The van der Waals surface area contributed by atoms with Gasteiger partial charge in [0.1, 0.15) is 12.8 Å². The van der Waals surface area contributed by atoms with E-state index in [9.17, 15) is 9.18 Å². The van der Waals surface area contributed by atoms with Crippen molar-refractivity contribution < 1.29 is 13.9 Å². The topological polar surface area (TPSA) is 41.6 Å². The fourth-order valence-electron chi connectivity index (χ4n) is 2.20. The van der Waals surface area contributed by atoms with E-state index in [0.29, 0.717) is 13.0 Å². The van der Waals surface area contributed by atoms with E-state index in [1.807, 2.05) is 30.3 Å². The lowest BCUT2D eigenvalue weighted by atomic mass is 10.0. The van der Waals surface area contributed by atoms with E-state index in [4.69, 9.17) is 4.74 Å². The first-order valence-electron chi connectivity index (χ1n) is 6.47. The third-order valence-electron chi connectivity index (χ3n) is 3.36. The number of piperidine rings is 1. The SMILES string of the molecule is CN(C(=O)OCc1ccccc1)[C@@H]1CCNC[C@H]1F. The van der Waals surface area contributed by atoms with E-state index in [1.165, 1.54) is 4.90 Å². The number of rotatable bonds is 3. The van der Waals surface area contributed by atoms with Gasteiger partial charge in [0.25, 0.3) is 0 Å². The number of alkyl halides is 1. The zero-order valence-corrected chi connectivity index (χ0v) is 11.0. The van der Waals surface area contributed by atoms with E-state index in [2.05, 4.69) is 5.32 Å². The van der Waals surface area contributed by atoms with Gasteiger partial charge < -0.3 is 15.0 Å². The van der Waals surface area contributed by atoms with E-state index in [-0.39, 0.29) is 6.61 Å². The predicted octanol–water partition coefficient (Wildman–Crippen LogP) is 1.96. The normalized spacial score (nSPS) is 22.8. The van der Waals surface area contributed by atoms with Gasteiger partial charge in [-0.15, -0.1) is 0 Å². The van der Waals surface area contributed by atoms with Crippen molar-refractivity contribution in [1.82, 2.24) is 10.2 Å². The van der Waals surface area contributed by atoms with Gasteiger partial charge >= 0.3 is 6.09 Å². The van der Waals surface area contributed by atoms with E-state index in [0.717, 1.165) is 12.1 Å². The third kappa shape index (κ3) is 3.67. The molecule has 1 aliphatic heterocycles. The number of amides is 1. The number of nitrogens with zero attached hydrogens (tertiary/aromatic N) is 1. The summed E-state index contributed by atoms with van der Waals surface area (Å²) in [4.78, 5) is 13.2. The number of hydrogen-bond acceptors (Lipinski definition) is 3. The summed E-state index contributed by atoms with van der Waals surface area (Å²) < 4.78 is 18.9. The molecule has 0 unspecified atom stereocenters. The molecule has 104 valence electrons. The Morgan fingerprint density at radius 1 is 1.47 bits per heavy atom. The highest BCUT2D eigenvalue weighted by atomic mass is 19.1. The molecule has 2 rings (SSSR count). The van der Waals surface area contributed by atoms with Gasteiger partial charge in [0.15, 0.2) is 0 Å². The Morgan fingerprint density at radius 3 is 2.89 bits per heavy atom. The zero-order valence-electron chi connectivity index (χ0n) is 11.0. The summed E-state index contributed by atoms with van der Waals surface area (Å²) in [5.41, 5.74) is 0.923. The van der Waals surface area contributed by atoms with Crippen LogP contribution < -0.4 is 5.32 Å². The standard InChI is InChI=1S/C14H19FN2O2/c1-17(13-7-8-16-9-12(13)15)14(18)19-10-11-5-3-2-4-6-11/h2-6,12-13,16H,7-10H2,1H3/t12-,13-/m1/s1. The second-order valence-electron chi connectivity index (χ2n) is 4.73. The molecular formula is C14H19FN2O2. The average molecular weight is 266 g/mol. The number of benzene rings is 1. The lowest BCUT2D eigenvalue weighted by Crippen LogP contribution is -2.51. The summed E-state index contributed by atoms with van der Waals surface area (Å²) in [7, 11) is 1.59. The molecule has 1 heterocycles. The average Bonchev–Trinajstić information content (AvgIpc) is 2.45. The first-order chi connectivity index (χ1) is 9.18. The van der Waals surface area contributed by atoms with Crippen LogP contribution in [-0.2, 0) is 11.3 Å². The van der Waals surface area contributed by atoms with Gasteiger partial charge in [0.05, 0.1) is 6.04 Å². The van der Waals surface area contributed by atoms with E-state index < -0.39 is 18.3 Å². The molecule has 2 atom stereocenters. The lowest BCUT2D eigenvalue weighted by Gasteiger charge is -2.33. The number of nitrogens with one attached hydrogen (secondary N) is 1. The van der Waals surface area contributed by atoms with Gasteiger partial charge in [-0.05, 0) is 18.5 Å². The Hall–Kier alpha value is -1.62. The Balaban J connectivity index is 1.85. The summed E-state index contributed by atoms with van der Waals surface area (Å²) in [5, 5.41) is 2.96. The number of halogens is 1. The molecule has 0 aliphatic carbocycles. The zero-order chi connectivity index (χ0) is 13.7. The van der Waals surface area contributed by atoms with Crippen LogP contribution in [0.25, 0.3) is 0 Å². The minimum absolute atomic E-state index is 0.214. The molecule has 0 spiro atoms. The van der Waals surface area contributed by atoms with Crippen LogP contribution in [0.2, 0.25) is 0 Å². The van der Waals surface area contributed by atoms with Crippen LogP contribution in [0.1, 0.15) is 12.0 Å². The van der Waals surface area contributed by atoms with Gasteiger partial charge in [-0.3, -0.25) is 0 Å². The molecular weight excluding hydrogens is 247 g/mol. The van der Waals surface area contributed by atoms with Crippen molar-refractivity contribution in [2.75, 3.05) is 20.1 Å². The maximum Gasteiger partial charge on any atom is 0.410 e. The smallest absolute Gasteiger partial charge is 0.410 e. The second-order valence-corrected chi connectivity index (χ2v) is 4.73. The Kier molecular flexibility index (Phi) is 4.74. The summed E-state index contributed by atoms with van der Waals surface area (Å²) in [6.45, 7) is 1.23. The Morgan fingerprint density at radius 2 is 2.21 bits per heavy atom. The van der Waals surface area contributed by atoms with Gasteiger partial charge in [0.2, 0.25) is 0 Å². The number of ether oxygens (including phenoxy) is 1. The predicted molar refractivity (Wildman–Crippen MR) is 70.6 cm³/mol. The number of carbonyl (C=O) groups is 1. The summed E-state index contributed by atoms with van der Waals surface area (Å²) in [5.74, 6) is 0. The summed E-state index contributed by atoms with van der Waals surface area (Å²) in [6.07, 6.45) is -0.903. The van der Waals surface area contributed by atoms with Crippen molar-refractivity contribution in [2.45, 2.75) is 25.2 Å². The third-order valence-corrected chi connectivity index (χ3v) is 3.36. The van der Waals surface area contributed by atoms with E-state index >= 15 is 0 Å². The second kappa shape index (κ2) is 6.52. The van der Waals surface area contributed by atoms with Gasteiger partial charge in [0, 0.05) is 13.6 Å². The van der Waals surface area contributed by atoms with Crippen LogP contribution in [0.5, 0.6) is 0 Å². The largest absolute Gasteiger partial charge is 0.445 e. The summed E-state index contributed by atoms with van der Waals surface area (Å²) >= 11 is 0. The van der Waals surface area contributed by atoms with Crippen molar-refractivity contribution in [3.05, 3.63) is 35.9 Å². The molecule has 0 radical (unpaired) electrons. The molecule has 1 N–H and O–H groups in total. The minimum atomic E-state index is -1.04. The van der Waals surface area contributed by atoms with Crippen molar-refractivity contribution >= 4 is 6.09 Å². The molecule has 1 fully saturated rings. The quantitative estimate of drug-likeness (QED) is 0.909. The van der Waals surface area contributed by atoms with Gasteiger partial charge in [-0.2, -0.15) is 0 Å². The van der Waals surface area contributed by atoms with Crippen LogP contribution >= 0.6 is 0 Å². The van der Waals surface area contributed by atoms with Crippen molar-refractivity contribution in [3.63, 3.8) is 0 Å². The van der Waals surface area contributed by atoms with Crippen molar-refractivity contribution in [2.24, 2.45) is 0 Å². The molecule has 1 aromatic rings. The number of hydrogen-bond donors (Lipinski definition) is 1. The molecule has 0 saturated carbocycles. The lowest BCUT2D eigenvalue weighted by molar-refractivity contribution is 0.0607. The fourth-order valence-corrected chi connectivity index (χ4v) is 2.20. The van der Waals surface area contributed by atoms with Crippen LogP contribution in [0.3, 0.4) is 0 Å². The monoisotopic (exact) mass is 266 g/mol. The maximum absolute atomic E-state index is 13.7. The van der Waals surface area contributed by atoms with Crippen LogP contribution in [-0.4, -0.2) is 43.3 Å². The van der Waals surface area contributed by atoms with Crippen LogP contribution in [0, 0.1) is 0 Å². The molecule has 1 aliphatic rings. The van der Waals surface area contributed by atoms with Gasteiger partial charge in [-0.25, -0.2) is 9.18 Å². The van der Waals surface area contributed by atoms with E-state index in [1.54, 1.807) is 7.05 Å². The molecule has 4 nitrogen and oxygen atoms in total. The number of carbonyl (C=O) groups excluding carboxylic acids is 1. The minimum Gasteiger partial charge on any atom is -0.445 e. The highest BCUT2D eigenvalue weighted by molar-refractivity contribution is 5.67. The highest BCUT2D eigenvalue weighted by Crippen LogP contribution is 2.15. The molecule has 1 amide bonds. The fraction of sp³-hybridized carbons (Fsp3) is 0.500. The first kappa shape index (κ1) is 13.8. The van der Waals surface area contributed by atoms with Crippen molar-refractivity contribution in [3.8, 4) is 0 Å².